The highest BCUT2D eigenvalue weighted by Crippen LogP contribution is 2.18. The largest absolute Gasteiger partial charge is 0.334 e. The molecule has 0 radical (unpaired) electrons. The lowest BCUT2D eigenvalue weighted by atomic mass is 10.0. The van der Waals surface area contributed by atoms with Gasteiger partial charge in [0, 0.05) is 25.0 Å². The second-order valence-corrected chi connectivity index (χ2v) is 4.44. The molecular formula is C12H21N3. The fourth-order valence-corrected chi connectivity index (χ4v) is 2.35. The van der Waals surface area contributed by atoms with Gasteiger partial charge in [0.25, 0.3) is 0 Å². The molecule has 3 heteroatoms. The number of piperidine rings is 1. The van der Waals surface area contributed by atoms with Crippen LogP contribution in [0.3, 0.4) is 0 Å². The molecule has 1 aliphatic rings. The molecule has 2 heterocycles. The molecule has 3 nitrogen and oxygen atoms in total. The van der Waals surface area contributed by atoms with E-state index in [0.29, 0.717) is 0 Å². The van der Waals surface area contributed by atoms with Crippen molar-refractivity contribution in [1.29, 1.82) is 0 Å². The molecule has 0 spiro atoms. The fraction of sp³-hybridized carbons (Fsp3) is 0.750. The van der Waals surface area contributed by atoms with E-state index in [1.807, 2.05) is 6.20 Å². The van der Waals surface area contributed by atoms with Crippen molar-refractivity contribution < 1.29 is 0 Å². The predicted molar refractivity (Wildman–Crippen MR) is 61.6 cm³/mol. The van der Waals surface area contributed by atoms with Crippen molar-refractivity contribution in [2.45, 2.75) is 52.2 Å². The molecule has 1 saturated heterocycles. The van der Waals surface area contributed by atoms with E-state index >= 15 is 0 Å². The molecule has 0 aliphatic carbocycles. The van der Waals surface area contributed by atoms with Gasteiger partial charge >= 0.3 is 0 Å². The van der Waals surface area contributed by atoms with E-state index in [0.717, 1.165) is 19.1 Å². The third-order valence-electron chi connectivity index (χ3n) is 3.43. The quantitative estimate of drug-likeness (QED) is 0.758. The Kier molecular flexibility index (Phi) is 3.41. The van der Waals surface area contributed by atoms with E-state index in [1.54, 1.807) is 0 Å². The van der Waals surface area contributed by atoms with Gasteiger partial charge in [0.15, 0.2) is 0 Å². The van der Waals surface area contributed by atoms with Crippen LogP contribution in [0.1, 0.15) is 38.9 Å². The van der Waals surface area contributed by atoms with Crippen LogP contribution in [0.4, 0.5) is 0 Å². The summed E-state index contributed by atoms with van der Waals surface area (Å²) in [5.41, 5.74) is 0. The lowest BCUT2D eigenvalue weighted by Crippen LogP contribution is -2.37. The summed E-state index contributed by atoms with van der Waals surface area (Å²) < 4.78 is 2.24. The van der Waals surface area contributed by atoms with Gasteiger partial charge in [-0.2, -0.15) is 0 Å². The Hall–Kier alpha value is -0.830. The Labute approximate surface area is 92.1 Å². The third kappa shape index (κ3) is 2.40. The minimum absolute atomic E-state index is 0.723. The van der Waals surface area contributed by atoms with Crippen molar-refractivity contribution in [2.75, 3.05) is 6.54 Å². The SMILES string of the molecule is CCn1ccnc1CN1CCCC[C@H]1C. The lowest BCUT2D eigenvalue weighted by Gasteiger charge is -2.32. The summed E-state index contributed by atoms with van der Waals surface area (Å²) in [5, 5.41) is 0. The van der Waals surface area contributed by atoms with E-state index < -0.39 is 0 Å². The second kappa shape index (κ2) is 4.79. The van der Waals surface area contributed by atoms with E-state index in [4.69, 9.17) is 0 Å². The summed E-state index contributed by atoms with van der Waals surface area (Å²) in [7, 11) is 0. The summed E-state index contributed by atoms with van der Waals surface area (Å²) in [6.45, 7) is 7.78. The zero-order valence-corrected chi connectivity index (χ0v) is 9.82. The Balaban J connectivity index is 2.01. The van der Waals surface area contributed by atoms with Gasteiger partial charge in [-0.3, -0.25) is 4.90 Å². The highest BCUT2D eigenvalue weighted by Gasteiger charge is 2.19. The Morgan fingerprint density at radius 3 is 3.07 bits per heavy atom. The van der Waals surface area contributed by atoms with Crippen LogP contribution in [-0.2, 0) is 13.1 Å². The second-order valence-electron chi connectivity index (χ2n) is 4.44. The summed E-state index contributed by atoms with van der Waals surface area (Å²) in [5.74, 6) is 1.21. The first-order valence-corrected chi connectivity index (χ1v) is 6.05. The van der Waals surface area contributed by atoms with Crippen molar-refractivity contribution >= 4 is 0 Å². The minimum atomic E-state index is 0.723. The predicted octanol–water partition coefficient (Wildman–Crippen LogP) is 2.28. The third-order valence-corrected chi connectivity index (χ3v) is 3.43. The minimum Gasteiger partial charge on any atom is -0.334 e. The summed E-state index contributed by atoms with van der Waals surface area (Å²) in [6, 6.07) is 0.723. The molecular weight excluding hydrogens is 186 g/mol. The highest BCUT2D eigenvalue weighted by molar-refractivity contribution is 4.93. The molecule has 0 unspecified atom stereocenters. The van der Waals surface area contributed by atoms with Crippen LogP contribution < -0.4 is 0 Å². The van der Waals surface area contributed by atoms with E-state index in [-0.39, 0.29) is 0 Å². The van der Waals surface area contributed by atoms with Gasteiger partial charge in [-0.15, -0.1) is 0 Å². The number of imidazole rings is 1. The van der Waals surface area contributed by atoms with E-state index in [9.17, 15) is 0 Å². The molecule has 1 aromatic heterocycles. The molecule has 0 aromatic carbocycles. The van der Waals surface area contributed by atoms with Gasteiger partial charge < -0.3 is 4.57 Å². The Morgan fingerprint density at radius 1 is 1.47 bits per heavy atom. The van der Waals surface area contributed by atoms with Gasteiger partial charge in [0.2, 0.25) is 0 Å². The number of hydrogen-bond acceptors (Lipinski definition) is 2. The van der Waals surface area contributed by atoms with Crippen LogP contribution in [0.25, 0.3) is 0 Å². The topological polar surface area (TPSA) is 21.1 Å². The molecule has 0 amide bonds. The van der Waals surface area contributed by atoms with Gasteiger partial charge in [-0.1, -0.05) is 6.42 Å². The number of likely N-dealkylation sites (tertiary alicyclic amines) is 1. The molecule has 1 aromatic rings. The lowest BCUT2D eigenvalue weighted by molar-refractivity contribution is 0.147. The van der Waals surface area contributed by atoms with E-state index in [2.05, 4.69) is 34.5 Å². The van der Waals surface area contributed by atoms with Crippen LogP contribution in [0.2, 0.25) is 0 Å². The average molecular weight is 207 g/mol. The number of nitrogens with zero attached hydrogens (tertiary/aromatic N) is 3. The fourth-order valence-electron chi connectivity index (χ4n) is 2.35. The first-order valence-electron chi connectivity index (χ1n) is 6.05. The van der Waals surface area contributed by atoms with E-state index in [1.165, 1.54) is 31.6 Å². The summed E-state index contributed by atoms with van der Waals surface area (Å²) in [4.78, 5) is 6.99. The van der Waals surface area contributed by atoms with Crippen LogP contribution in [0.5, 0.6) is 0 Å². The first-order chi connectivity index (χ1) is 7.31. The van der Waals surface area contributed by atoms with Crippen LogP contribution >= 0.6 is 0 Å². The number of rotatable bonds is 3. The zero-order valence-electron chi connectivity index (χ0n) is 9.82. The van der Waals surface area contributed by atoms with Gasteiger partial charge in [-0.05, 0) is 33.2 Å². The molecule has 1 fully saturated rings. The van der Waals surface area contributed by atoms with Crippen molar-refractivity contribution in [3.05, 3.63) is 18.2 Å². The maximum absolute atomic E-state index is 4.44. The average Bonchev–Trinajstić information content (AvgIpc) is 2.69. The smallest absolute Gasteiger partial charge is 0.122 e. The number of aryl methyl sites for hydroxylation is 1. The molecule has 0 bridgehead atoms. The van der Waals surface area contributed by atoms with Gasteiger partial charge in [0.1, 0.15) is 5.82 Å². The molecule has 0 N–H and O–H groups in total. The molecule has 1 atom stereocenters. The van der Waals surface area contributed by atoms with Crippen molar-refractivity contribution in [3.63, 3.8) is 0 Å². The van der Waals surface area contributed by atoms with Crippen molar-refractivity contribution in [1.82, 2.24) is 14.5 Å². The van der Waals surface area contributed by atoms with Gasteiger partial charge in [0.05, 0.1) is 6.54 Å². The Morgan fingerprint density at radius 2 is 2.33 bits per heavy atom. The molecule has 15 heavy (non-hydrogen) atoms. The first kappa shape index (κ1) is 10.7. The maximum Gasteiger partial charge on any atom is 0.122 e. The number of aromatic nitrogens is 2. The normalized spacial score (nSPS) is 23.2. The maximum atomic E-state index is 4.44. The molecule has 2 rings (SSSR count). The molecule has 84 valence electrons. The van der Waals surface area contributed by atoms with Gasteiger partial charge in [-0.25, -0.2) is 4.98 Å². The Bertz CT molecular complexity index is 306. The van der Waals surface area contributed by atoms with Crippen LogP contribution in [-0.4, -0.2) is 27.0 Å². The summed E-state index contributed by atoms with van der Waals surface area (Å²) >= 11 is 0. The van der Waals surface area contributed by atoms with Crippen LogP contribution in [0.15, 0.2) is 12.4 Å². The number of hydrogen-bond donors (Lipinski definition) is 0. The van der Waals surface area contributed by atoms with Crippen LogP contribution in [0, 0.1) is 0 Å². The monoisotopic (exact) mass is 207 g/mol. The standard InChI is InChI=1S/C12H21N3/c1-3-14-9-7-13-12(14)10-15-8-5-4-6-11(15)2/h7,9,11H,3-6,8,10H2,1-2H3/t11-/m1/s1. The molecule has 1 aliphatic heterocycles. The van der Waals surface area contributed by atoms with Crippen molar-refractivity contribution in [3.8, 4) is 0 Å². The van der Waals surface area contributed by atoms with Crippen molar-refractivity contribution in [2.24, 2.45) is 0 Å². The zero-order chi connectivity index (χ0) is 10.7. The highest BCUT2D eigenvalue weighted by atomic mass is 15.2. The molecule has 0 saturated carbocycles. The summed E-state index contributed by atoms with van der Waals surface area (Å²) in [6.07, 6.45) is 8.06.